The average Bonchev–Trinajstić information content (AvgIpc) is 2.57. The van der Waals surface area contributed by atoms with Gasteiger partial charge in [0.05, 0.1) is 0 Å². The molecule has 0 nitrogen and oxygen atoms in total. The van der Waals surface area contributed by atoms with Crippen molar-refractivity contribution in [3.05, 3.63) is 83.4 Å². The van der Waals surface area contributed by atoms with Gasteiger partial charge in [0.1, 0.15) is 0 Å². The molecule has 0 unspecified atom stereocenters. The summed E-state index contributed by atoms with van der Waals surface area (Å²) < 4.78 is 0. The number of hydrogen-bond acceptors (Lipinski definition) is 0. The van der Waals surface area contributed by atoms with Crippen LogP contribution in [0, 0.1) is 6.92 Å². The number of rotatable bonds is 4. The highest BCUT2D eigenvalue weighted by Gasteiger charge is 2.23. The minimum Gasteiger partial charge on any atom is -0.103 e. The van der Waals surface area contributed by atoms with Gasteiger partial charge in [0.25, 0.3) is 0 Å². The van der Waals surface area contributed by atoms with Crippen LogP contribution in [0.4, 0.5) is 0 Å². The zero-order chi connectivity index (χ0) is 15.4. The third-order valence-corrected chi connectivity index (χ3v) is 5.11. The van der Waals surface area contributed by atoms with Crippen LogP contribution in [0.3, 0.4) is 0 Å². The van der Waals surface area contributed by atoms with Crippen molar-refractivity contribution in [1.29, 1.82) is 0 Å². The molecule has 1 fully saturated rings. The summed E-state index contributed by atoms with van der Waals surface area (Å²) in [6.07, 6.45) is 8.23. The zero-order valence-electron chi connectivity index (χ0n) is 13.6. The maximum Gasteiger partial charge on any atom is -0.0100 e. The quantitative estimate of drug-likeness (QED) is 0.591. The van der Waals surface area contributed by atoms with Gasteiger partial charge in [-0.15, -0.1) is 6.58 Å². The number of aryl methyl sites for hydroxylation is 1. The number of benzene rings is 2. The molecule has 0 amide bonds. The van der Waals surface area contributed by atoms with E-state index in [1.807, 2.05) is 6.08 Å². The van der Waals surface area contributed by atoms with E-state index in [1.165, 1.54) is 47.9 Å². The molecule has 0 N–H and O–H groups in total. The molecule has 22 heavy (non-hydrogen) atoms. The SMILES string of the molecule is C=CCc1ccc(C2CCC(c3ccc(C)cc3)CC2)cc1. The van der Waals surface area contributed by atoms with Gasteiger partial charge < -0.3 is 0 Å². The van der Waals surface area contributed by atoms with Gasteiger partial charge >= 0.3 is 0 Å². The van der Waals surface area contributed by atoms with Crippen molar-refractivity contribution >= 4 is 0 Å². The van der Waals surface area contributed by atoms with Crippen LogP contribution in [0.15, 0.2) is 61.2 Å². The molecule has 0 aliphatic heterocycles. The Kier molecular flexibility index (Phi) is 4.77. The van der Waals surface area contributed by atoms with E-state index < -0.39 is 0 Å². The predicted molar refractivity (Wildman–Crippen MR) is 95.5 cm³/mol. The largest absolute Gasteiger partial charge is 0.103 e. The van der Waals surface area contributed by atoms with Crippen molar-refractivity contribution < 1.29 is 0 Å². The van der Waals surface area contributed by atoms with Crippen LogP contribution in [0.5, 0.6) is 0 Å². The molecule has 1 aliphatic carbocycles. The van der Waals surface area contributed by atoms with Gasteiger partial charge in [-0.05, 0) is 67.6 Å². The lowest BCUT2D eigenvalue weighted by molar-refractivity contribution is 0.396. The van der Waals surface area contributed by atoms with Crippen LogP contribution in [0.2, 0.25) is 0 Å². The van der Waals surface area contributed by atoms with E-state index in [4.69, 9.17) is 0 Å². The summed E-state index contributed by atoms with van der Waals surface area (Å²) in [5, 5.41) is 0. The van der Waals surface area contributed by atoms with Crippen molar-refractivity contribution in [2.45, 2.75) is 50.9 Å². The summed E-state index contributed by atoms with van der Waals surface area (Å²) in [6, 6.07) is 18.3. The van der Waals surface area contributed by atoms with E-state index in [2.05, 4.69) is 62.0 Å². The van der Waals surface area contributed by atoms with Crippen molar-refractivity contribution in [3.63, 3.8) is 0 Å². The topological polar surface area (TPSA) is 0 Å². The molecular weight excluding hydrogens is 264 g/mol. The van der Waals surface area contributed by atoms with Crippen LogP contribution >= 0.6 is 0 Å². The Labute approximate surface area is 134 Å². The van der Waals surface area contributed by atoms with Gasteiger partial charge in [0, 0.05) is 0 Å². The Hall–Kier alpha value is -1.82. The minimum atomic E-state index is 0.750. The van der Waals surface area contributed by atoms with Gasteiger partial charge in [-0.1, -0.05) is 60.2 Å². The molecule has 1 saturated carbocycles. The Morgan fingerprint density at radius 3 is 1.73 bits per heavy atom. The summed E-state index contributed by atoms with van der Waals surface area (Å²) >= 11 is 0. The standard InChI is InChI=1S/C22H26/c1-3-4-18-7-11-20(12-8-18)22-15-13-21(14-16-22)19-9-5-17(2)6-10-19/h3,5-12,21-22H,1,4,13-16H2,2H3. The second-order valence-electron chi connectivity index (χ2n) is 6.69. The van der Waals surface area contributed by atoms with Gasteiger partial charge in [-0.2, -0.15) is 0 Å². The molecule has 0 aromatic heterocycles. The Balaban J connectivity index is 1.61. The van der Waals surface area contributed by atoms with Crippen molar-refractivity contribution in [3.8, 4) is 0 Å². The fourth-order valence-corrected chi connectivity index (χ4v) is 3.69. The molecule has 0 heteroatoms. The number of allylic oxidation sites excluding steroid dienone is 1. The molecule has 0 radical (unpaired) electrons. The van der Waals surface area contributed by atoms with E-state index in [0.717, 1.165) is 18.3 Å². The van der Waals surface area contributed by atoms with Gasteiger partial charge in [0.15, 0.2) is 0 Å². The lowest BCUT2D eigenvalue weighted by Gasteiger charge is -2.29. The highest BCUT2D eigenvalue weighted by molar-refractivity contribution is 5.29. The van der Waals surface area contributed by atoms with Gasteiger partial charge in [0.2, 0.25) is 0 Å². The summed E-state index contributed by atoms with van der Waals surface area (Å²) in [5.74, 6) is 1.51. The first kappa shape index (κ1) is 15.1. The number of hydrogen-bond donors (Lipinski definition) is 0. The van der Waals surface area contributed by atoms with Crippen molar-refractivity contribution in [1.82, 2.24) is 0 Å². The zero-order valence-corrected chi connectivity index (χ0v) is 13.6. The van der Waals surface area contributed by atoms with Crippen molar-refractivity contribution in [2.24, 2.45) is 0 Å². The molecule has 0 bridgehead atoms. The predicted octanol–water partition coefficient (Wildman–Crippen LogP) is 6.16. The molecule has 2 aromatic rings. The normalized spacial score (nSPS) is 21.5. The minimum absolute atomic E-state index is 0.750. The van der Waals surface area contributed by atoms with E-state index in [0.29, 0.717) is 0 Å². The van der Waals surface area contributed by atoms with Crippen LogP contribution in [-0.2, 0) is 6.42 Å². The first-order valence-electron chi connectivity index (χ1n) is 8.52. The maximum atomic E-state index is 3.81. The van der Waals surface area contributed by atoms with E-state index in [9.17, 15) is 0 Å². The lowest BCUT2D eigenvalue weighted by Crippen LogP contribution is -2.12. The third kappa shape index (κ3) is 3.50. The molecular formula is C22H26. The Morgan fingerprint density at radius 2 is 1.27 bits per heavy atom. The van der Waals surface area contributed by atoms with Crippen molar-refractivity contribution in [2.75, 3.05) is 0 Å². The van der Waals surface area contributed by atoms with E-state index in [1.54, 1.807) is 0 Å². The van der Waals surface area contributed by atoms with Gasteiger partial charge in [-0.25, -0.2) is 0 Å². The Bertz CT molecular complexity index is 595. The molecule has 114 valence electrons. The Morgan fingerprint density at radius 1 is 0.818 bits per heavy atom. The van der Waals surface area contributed by atoms with Crippen LogP contribution in [0.25, 0.3) is 0 Å². The van der Waals surface area contributed by atoms with E-state index in [-0.39, 0.29) is 0 Å². The van der Waals surface area contributed by atoms with Gasteiger partial charge in [-0.3, -0.25) is 0 Å². The first-order chi connectivity index (χ1) is 10.8. The lowest BCUT2D eigenvalue weighted by atomic mass is 9.76. The fraction of sp³-hybridized carbons (Fsp3) is 0.364. The van der Waals surface area contributed by atoms with Crippen LogP contribution in [-0.4, -0.2) is 0 Å². The molecule has 0 spiro atoms. The first-order valence-corrected chi connectivity index (χ1v) is 8.52. The smallest absolute Gasteiger partial charge is 0.0100 e. The average molecular weight is 290 g/mol. The molecule has 0 atom stereocenters. The maximum absolute atomic E-state index is 3.81. The monoisotopic (exact) mass is 290 g/mol. The third-order valence-electron chi connectivity index (χ3n) is 5.11. The highest BCUT2D eigenvalue weighted by Crippen LogP contribution is 2.40. The van der Waals surface area contributed by atoms with Crippen LogP contribution in [0.1, 0.15) is 59.8 Å². The molecule has 3 rings (SSSR count). The summed E-state index contributed by atoms with van der Waals surface area (Å²) in [4.78, 5) is 0. The van der Waals surface area contributed by atoms with E-state index >= 15 is 0 Å². The second-order valence-corrected chi connectivity index (χ2v) is 6.69. The fourth-order valence-electron chi connectivity index (χ4n) is 3.69. The molecule has 1 aliphatic rings. The summed E-state index contributed by atoms with van der Waals surface area (Å²) in [6.45, 7) is 5.97. The molecule has 0 heterocycles. The second kappa shape index (κ2) is 6.96. The molecule has 0 saturated heterocycles. The molecule has 2 aromatic carbocycles. The summed E-state index contributed by atoms with van der Waals surface area (Å²) in [5.41, 5.74) is 5.78. The van der Waals surface area contributed by atoms with Crippen LogP contribution < -0.4 is 0 Å². The highest BCUT2D eigenvalue weighted by atomic mass is 14.3. The summed E-state index contributed by atoms with van der Waals surface area (Å²) in [7, 11) is 0.